The summed E-state index contributed by atoms with van der Waals surface area (Å²) in [6.45, 7) is 4.90. The van der Waals surface area contributed by atoms with Crippen LogP contribution >= 0.6 is 0 Å². The number of furan rings is 1. The van der Waals surface area contributed by atoms with Crippen LogP contribution in [-0.2, 0) is 16.2 Å². The first-order valence-corrected chi connectivity index (χ1v) is 8.89. The van der Waals surface area contributed by atoms with E-state index in [4.69, 9.17) is 4.42 Å². The molecule has 1 aromatic heterocycles. The first-order valence-electron chi connectivity index (χ1n) is 7.40. The normalized spacial score (nSPS) is 12.8. The van der Waals surface area contributed by atoms with E-state index < -0.39 is 38.3 Å². The minimum absolute atomic E-state index is 0.0987. The van der Waals surface area contributed by atoms with E-state index >= 15 is 0 Å². The molecule has 0 spiro atoms. The van der Waals surface area contributed by atoms with Crippen LogP contribution in [0.1, 0.15) is 36.9 Å². The zero-order valence-electron chi connectivity index (χ0n) is 14.1. The van der Waals surface area contributed by atoms with Crippen molar-refractivity contribution in [3.05, 3.63) is 47.7 Å². The third-order valence-electron chi connectivity index (χ3n) is 2.96. The number of hydrogen-bond donors (Lipinski definition) is 2. The molecule has 1 heterocycles. The lowest BCUT2D eigenvalue weighted by atomic mass is 10.1. The SMILES string of the molecule is CC(C)(C)NS(=O)(=O)c1ccc(C(=O)Nc2cccc(C(F)(F)F)c2)o1. The topological polar surface area (TPSA) is 88.4 Å². The van der Waals surface area contributed by atoms with Gasteiger partial charge in [0.1, 0.15) is 0 Å². The molecule has 0 bridgehead atoms. The molecule has 0 atom stereocenters. The van der Waals surface area contributed by atoms with Gasteiger partial charge in [-0.25, -0.2) is 13.1 Å². The van der Waals surface area contributed by atoms with Crippen LogP contribution in [0.25, 0.3) is 0 Å². The predicted molar refractivity (Wildman–Crippen MR) is 88.2 cm³/mol. The van der Waals surface area contributed by atoms with Gasteiger partial charge in [-0.15, -0.1) is 0 Å². The lowest BCUT2D eigenvalue weighted by Crippen LogP contribution is -2.40. The zero-order chi connectivity index (χ0) is 19.8. The number of anilines is 1. The molecule has 0 saturated heterocycles. The summed E-state index contributed by atoms with van der Waals surface area (Å²) in [4.78, 5) is 12.1. The second kappa shape index (κ2) is 6.76. The average molecular weight is 390 g/mol. The summed E-state index contributed by atoms with van der Waals surface area (Å²) in [6.07, 6.45) is -4.55. The Bertz CT molecular complexity index is 912. The van der Waals surface area contributed by atoms with Crippen LogP contribution in [0, 0.1) is 0 Å². The van der Waals surface area contributed by atoms with E-state index in [1.54, 1.807) is 20.8 Å². The maximum atomic E-state index is 12.7. The number of carbonyl (C=O) groups is 1. The molecule has 10 heteroatoms. The smallest absolute Gasteiger partial charge is 0.416 e. The van der Waals surface area contributed by atoms with E-state index in [-0.39, 0.29) is 11.4 Å². The summed E-state index contributed by atoms with van der Waals surface area (Å²) in [5.41, 5.74) is -1.78. The van der Waals surface area contributed by atoms with Gasteiger partial charge < -0.3 is 9.73 Å². The van der Waals surface area contributed by atoms with Crippen molar-refractivity contribution in [3.63, 3.8) is 0 Å². The third-order valence-corrected chi connectivity index (χ3v) is 4.59. The number of alkyl halides is 3. The Morgan fingerprint density at radius 1 is 1.08 bits per heavy atom. The summed E-state index contributed by atoms with van der Waals surface area (Å²) in [7, 11) is -3.98. The quantitative estimate of drug-likeness (QED) is 0.835. The average Bonchev–Trinajstić information content (AvgIpc) is 2.95. The largest absolute Gasteiger partial charge is 0.438 e. The van der Waals surface area contributed by atoms with Gasteiger partial charge in [-0.3, -0.25) is 4.79 Å². The molecule has 0 aliphatic rings. The van der Waals surface area contributed by atoms with E-state index in [1.165, 1.54) is 6.07 Å². The minimum Gasteiger partial charge on any atom is -0.438 e. The van der Waals surface area contributed by atoms with E-state index in [0.29, 0.717) is 0 Å². The van der Waals surface area contributed by atoms with Crippen LogP contribution in [0.15, 0.2) is 45.9 Å². The van der Waals surface area contributed by atoms with Crippen LogP contribution in [0.5, 0.6) is 0 Å². The first kappa shape index (κ1) is 20.0. The number of amides is 1. The molecule has 142 valence electrons. The third kappa shape index (κ3) is 5.09. The highest BCUT2D eigenvalue weighted by Gasteiger charge is 2.31. The van der Waals surface area contributed by atoms with Crippen LogP contribution in [0.2, 0.25) is 0 Å². The fourth-order valence-electron chi connectivity index (χ4n) is 2.01. The van der Waals surface area contributed by atoms with Crippen LogP contribution in [0.3, 0.4) is 0 Å². The van der Waals surface area contributed by atoms with Gasteiger partial charge in [-0.05, 0) is 51.1 Å². The molecule has 2 aromatic rings. The minimum atomic E-state index is -4.55. The van der Waals surface area contributed by atoms with Crippen molar-refractivity contribution in [1.29, 1.82) is 0 Å². The monoisotopic (exact) mass is 390 g/mol. The van der Waals surface area contributed by atoms with E-state index in [1.807, 2.05) is 0 Å². The maximum Gasteiger partial charge on any atom is 0.416 e. The molecule has 1 amide bonds. The van der Waals surface area contributed by atoms with Crippen molar-refractivity contribution >= 4 is 21.6 Å². The molecule has 0 unspecified atom stereocenters. The fraction of sp³-hybridized carbons (Fsp3) is 0.312. The highest BCUT2D eigenvalue weighted by Crippen LogP contribution is 2.30. The summed E-state index contributed by atoms with van der Waals surface area (Å²) < 4.78 is 69.8. The van der Waals surface area contributed by atoms with Gasteiger partial charge in [0.05, 0.1) is 5.56 Å². The number of benzene rings is 1. The Morgan fingerprint density at radius 2 is 1.73 bits per heavy atom. The van der Waals surface area contributed by atoms with Crippen molar-refractivity contribution in [2.75, 3.05) is 5.32 Å². The lowest BCUT2D eigenvalue weighted by molar-refractivity contribution is -0.137. The Kier molecular flexibility index (Phi) is 5.20. The van der Waals surface area contributed by atoms with Gasteiger partial charge in [0.2, 0.25) is 5.09 Å². The van der Waals surface area contributed by atoms with Crippen molar-refractivity contribution in [2.45, 2.75) is 37.6 Å². The van der Waals surface area contributed by atoms with Gasteiger partial charge >= 0.3 is 6.18 Å². The molecule has 0 radical (unpaired) electrons. The molecule has 0 fully saturated rings. The maximum absolute atomic E-state index is 12.7. The summed E-state index contributed by atoms with van der Waals surface area (Å²) >= 11 is 0. The van der Waals surface area contributed by atoms with Crippen LogP contribution < -0.4 is 10.0 Å². The fourth-order valence-corrected chi connectivity index (χ4v) is 3.36. The van der Waals surface area contributed by atoms with Gasteiger partial charge in [-0.2, -0.15) is 13.2 Å². The molecular formula is C16H17F3N2O4S. The number of hydrogen-bond acceptors (Lipinski definition) is 4. The molecule has 0 saturated carbocycles. The molecule has 26 heavy (non-hydrogen) atoms. The van der Waals surface area contributed by atoms with Crippen LogP contribution in [0.4, 0.5) is 18.9 Å². The Morgan fingerprint density at radius 3 is 2.31 bits per heavy atom. The van der Waals surface area contributed by atoms with Crippen LogP contribution in [-0.4, -0.2) is 19.9 Å². The van der Waals surface area contributed by atoms with Crippen molar-refractivity contribution in [1.82, 2.24) is 4.72 Å². The number of rotatable bonds is 4. The van der Waals surface area contributed by atoms with Crippen molar-refractivity contribution in [2.24, 2.45) is 0 Å². The Hall–Kier alpha value is -2.33. The first-order chi connectivity index (χ1) is 11.8. The highest BCUT2D eigenvalue weighted by atomic mass is 32.2. The van der Waals surface area contributed by atoms with E-state index in [2.05, 4.69) is 10.0 Å². The lowest BCUT2D eigenvalue weighted by Gasteiger charge is -2.18. The second-order valence-electron chi connectivity index (χ2n) is 6.51. The van der Waals surface area contributed by atoms with Gasteiger partial charge in [-0.1, -0.05) is 6.07 Å². The second-order valence-corrected chi connectivity index (χ2v) is 8.12. The molecular weight excluding hydrogens is 373 g/mol. The number of sulfonamides is 1. The number of carbonyl (C=O) groups excluding carboxylic acids is 1. The molecule has 1 aromatic carbocycles. The molecule has 2 rings (SSSR count). The predicted octanol–water partition coefficient (Wildman–Crippen LogP) is 3.63. The Balaban J connectivity index is 2.19. The molecule has 0 aliphatic carbocycles. The van der Waals surface area contributed by atoms with Gasteiger partial charge in [0.15, 0.2) is 5.76 Å². The van der Waals surface area contributed by atoms with E-state index in [0.717, 1.165) is 30.3 Å². The number of nitrogens with one attached hydrogen (secondary N) is 2. The highest BCUT2D eigenvalue weighted by molar-refractivity contribution is 7.89. The summed E-state index contributed by atoms with van der Waals surface area (Å²) in [6, 6.07) is 6.26. The van der Waals surface area contributed by atoms with Gasteiger partial charge in [0.25, 0.3) is 15.9 Å². The zero-order valence-corrected chi connectivity index (χ0v) is 15.0. The molecule has 2 N–H and O–H groups in total. The standard InChI is InChI=1S/C16H17F3N2O4S/c1-15(2,3)21-26(23,24)13-8-7-12(25-13)14(22)20-11-6-4-5-10(9-11)16(17,18)19/h4-9,21H,1-3H3,(H,20,22). The molecule has 6 nitrogen and oxygen atoms in total. The van der Waals surface area contributed by atoms with Crippen molar-refractivity contribution in [3.8, 4) is 0 Å². The van der Waals surface area contributed by atoms with E-state index in [9.17, 15) is 26.4 Å². The number of halogens is 3. The van der Waals surface area contributed by atoms with Gasteiger partial charge in [0, 0.05) is 11.2 Å². The summed E-state index contributed by atoms with van der Waals surface area (Å²) in [5.74, 6) is -1.22. The molecule has 0 aliphatic heterocycles. The Labute approximate surface area is 148 Å². The van der Waals surface area contributed by atoms with Crippen molar-refractivity contribution < 1.29 is 30.8 Å². The summed E-state index contributed by atoms with van der Waals surface area (Å²) in [5, 5.41) is 1.77.